The van der Waals surface area contributed by atoms with Gasteiger partial charge in [0, 0.05) is 19.3 Å². The lowest BCUT2D eigenvalue weighted by molar-refractivity contribution is -0.167. The van der Waals surface area contributed by atoms with Crippen LogP contribution in [0.25, 0.3) is 0 Å². The first-order chi connectivity index (χ1) is 41.0. The molecule has 0 aliphatic carbocycles. The minimum absolute atomic E-state index is 0.0840. The zero-order chi connectivity index (χ0) is 59.9. The van der Waals surface area contributed by atoms with Crippen LogP contribution in [-0.2, 0) is 28.6 Å². The summed E-state index contributed by atoms with van der Waals surface area (Å²) in [4.78, 5) is 38.4. The van der Waals surface area contributed by atoms with Crippen molar-refractivity contribution in [2.45, 2.75) is 361 Å². The van der Waals surface area contributed by atoms with Crippen molar-refractivity contribution < 1.29 is 28.6 Å². The molecule has 0 aromatic carbocycles. The molecule has 0 radical (unpaired) electrons. The Morgan fingerprint density at radius 2 is 0.470 bits per heavy atom. The van der Waals surface area contributed by atoms with E-state index in [2.05, 4.69) is 118 Å². The molecule has 1 atom stereocenters. The fraction of sp³-hybridized carbons (Fsp3) is 0.753. The molecule has 0 aromatic heterocycles. The van der Waals surface area contributed by atoms with E-state index in [-0.39, 0.29) is 31.1 Å². The molecule has 0 amide bonds. The van der Waals surface area contributed by atoms with Crippen molar-refractivity contribution in [1.82, 2.24) is 0 Å². The predicted molar refractivity (Wildman–Crippen MR) is 362 cm³/mol. The smallest absolute Gasteiger partial charge is 0.306 e. The second-order valence-electron chi connectivity index (χ2n) is 23.7. The third-order valence-electron chi connectivity index (χ3n) is 15.6. The first-order valence-corrected chi connectivity index (χ1v) is 35.7. The molecule has 0 bridgehead atoms. The van der Waals surface area contributed by atoms with Crippen LogP contribution in [-0.4, -0.2) is 37.2 Å². The van der Waals surface area contributed by atoms with Crippen LogP contribution in [0, 0.1) is 0 Å². The summed E-state index contributed by atoms with van der Waals surface area (Å²) in [5.74, 6) is -0.897. The van der Waals surface area contributed by atoms with E-state index in [9.17, 15) is 14.4 Å². The summed E-state index contributed by atoms with van der Waals surface area (Å²) >= 11 is 0. The molecule has 6 nitrogen and oxygen atoms in total. The van der Waals surface area contributed by atoms with E-state index in [1.807, 2.05) is 0 Å². The molecule has 0 aromatic rings. The van der Waals surface area contributed by atoms with E-state index in [4.69, 9.17) is 14.2 Å². The Labute approximate surface area is 515 Å². The highest BCUT2D eigenvalue weighted by Crippen LogP contribution is 2.18. The highest BCUT2D eigenvalue weighted by atomic mass is 16.6. The summed E-state index contributed by atoms with van der Waals surface area (Å²) in [7, 11) is 0. The predicted octanol–water partition coefficient (Wildman–Crippen LogP) is 24.8. The van der Waals surface area contributed by atoms with Gasteiger partial charge in [-0.25, -0.2) is 0 Å². The van der Waals surface area contributed by atoms with E-state index in [1.165, 1.54) is 199 Å². The lowest BCUT2D eigenvalue weighted by atomic mass is 10.0. The Morgan fingerprint density at radius 1 is 0.253 bits per heavy atom. The van der Waals surface area contributed by atoms with Gasteiger partial charge < -0.3 is 14.2 Å². The van der Waals surface area contributed by atoms with Crippen molar-refractivity contribution >= 4 is 17.9 Å². The van der Waals surface area contributed by atoms with E-state index in [0.717, 1.165) is 116 Å². The molecular weight excluding hydrogens is 1020 g/mol. The molecule has 0 saturated carbocycles. The second kappa shape index (κ2) is 70.8. The normalized spacial score (nSPS) is 12.7. The van der Waals surface area contributed by atoms with Crippen LogP contribution in [0.4, 0.5) is 0 Å². The van der Waals surface area contributed by atoms with Gasteiger partial charge in [-0.05, 0) is 96.3 Å². The van der Waals surface area contributed by atoms with Crippen molar-refractivity contribution in [2.75, 3.05) is 13.2 Å². The fourth-order valence-electron chi connectivity index (χ4n) is 10.3. The van der Waals surface area contributed by atoms with Gasteiger partial charge in [0.25, 0.3) is 0 Å². The summed E-state index contributed by atoms with van der Waals surface area (Å²) in [6.07, 6.45) is 95.9. The van der Waals surface area contributed by atoms with E-state index in [0.29, 0.717) is 19.3 Å². The Kier molecular flexibility index (Phi) is 67.7. The second-order valence-corrected chi connectivity index (χ2v) is 23.7. The molecule has 0 fully saturated rings. The van der Waals surface area contributed by atoms with Crippen LogP contribution >= 0.6 is 0 Å². The van der Waals surface area contributed by atoms with Crippen molar-refractivity contribution in [1.29, 1.82) is 0 Å². The van der Waals surface area contributed by atoms with Gasteiger partial charge in [0.15, 0.2) is 6.10 Å². The minimum atomic E-state index is -0.790. The Morgan fingerprint density at radius 3 is 0.747 bits per heavy atom. The van der Waals surface area contributed by atoms with E-state index >= 15 is 0 Å². The Bertz CT molecular complexity index is 1610. The molecule has 0 N–H and O–H groups in total. The first kappa shape index (κ1) is 79.3. The quantitative estimate of drug-likeness (QED) is 0.0261. The summed E-state index contributed by atoms with van der Waals surface area (Å²) < 4.78 is 17.0. The zero-order valence-electron chi connectivity index (χ0n) is 54.9. The van der Waals surface area contributed by atoms with Crippen LogP contribution in [0.3, 0.4) is 0 Å². The van der Waals surface area contributed by atoms with Gasteiger partial charge in [0.05, 0.1) is 0 Å². The zero-order valence-corrected chi connectivity index (χ0v) is 54.9. The topological polar surface area (TPSA) is 78.9 Å². The van der Waals surface area contributed by atoms with Crippen LogP contribution in [0.5, 0.6) is 0 Å². The number of hydrogen-bond acceptors (Lipinski definition) is 6. The summed E-state index contributed by atoms with van der Waals surface area (Å²) in [6.45, 7) is 6.44. The van der Waals surface area contributed by atoms with Crippen LogP contribution in [0.2, 0.25) is 0 Å². The highest BCUT2D eigenvalue weighted by Gasteiger charge is 2.19. The number of allylic oxidation sites excluding steroid dienone is 16. The number of rotatable bonds is 65. The average molecular weight is 1160 g/mol. The number of carbonyl (C=O) groups is 3. The molecule has 0 spiro atoms. The molecular formula is C77H134O6. The third kappa shape index (κ3) is 69.0. The maximum Gasteiger partial charge on any atom is 0.306 e. The van der Waals surface area contributed by atoms with E-state index in [1.54, 1.807) is 0 Å². The van der Waals surface area contributed by atoms with Crippen LogP contribution in [0.15, 0.2) is 97.2 Å². The highest BCUT2D eigenvalue weighted by molar-refractivity contribution is 5.71. The monoisotopic (exact) mass is 1160 g/mol. The average Bonchev–Trinajstić information content (AvgIpc) is 3.49. The molecule has 0 aliphatic rings. The molecule has 478 valence electrons. The number of hydrogen-bond donors (Lipinski definition) is 0. The lowest BCUT2D eigenvalue weighted by Gasteiger charge is -2.18. The molecule has 6 heteroatoms. The largest absolute Gasteiger partial charge is 0.462 e. The number of carbonyl (C=O) groups excluding carboxylic acids is 3. The van der Waals surface area contributed by atoms with Gasteiger partial charge in [-0.15, -0.1) is 0 Å². The lowest BCUT2D eigenvalue weighted by Crippen LogP contribution is -2.30. The van der Waals surface area contributed by atoms with Crippen molar-refractivity contribution in [3.8, 4) is 0 Å². The minimum Gasteiger partial charge on any atom is -0.462 e. The molecule has 0 rings (SSSR count). The van der Waals surface area contributed by atoms with E-state index < -0.39 is 6.10 Å². The number of unbranched alkanes of at least 4 members (excludes halogenated alkanes) is 38. The maximum absolute atomic E-state index is 13.0. The van der Waals surface area contributed by atoms with Crippen molar-refractivity contribution in [2.24, 2.45) is 0 Å². The molecule has 0 saturated heterocycles. The van der Waals surface area contributed by atoms with Gasteiger partial charge in [-0.3, -0.25) is 14.4 Å². The summed E-state index contributed by atoms with van der Waals surface area (Å²) in [5.41, 5.74) is 0. The SMILES string of the molecule is CC/C=C\C/C=C\C/C=C\C/C=C\C/C=C\CCCCCCCCCCCCCCCC(=O)OCC(COC(=O)CCCCC/C=C\C/C=C\C/C=C\CC)OC(=O)CCCCCCCCCCCCCCCCCCCCCCCCC. The van der Waals surface area contributed by atoms with Crippen LogP contribution < -0.4 is 0 Å². The first-order valence-electron chi connectivity index (χ1n) is 35.7. The molecule has 0 heterocycles. The number of ether oxygens (including phenoxy) is 3. The molecule has 0 aliphatic heterocycles. The molecule has 1 unspecified atom stereocenters. The Hall–Kier alpha value is -3.67. The standard InChI is InChI=1S/C77H134O6/c1-4-7-10-13-16-19-22-25-27-29-31-33-35-36-37-38-39-40-42-43-45-47-49-52-55-58-61-64-67-70-76(79)82-73-74(72-81-75(78)69-66-63-60-57-54-51-24-21-18-15-12-9-6-3)83-77(80)71-68-65-62-59-56-53-50-48-46-44-41-34-32-30-28-26-23-20-17-14-11-8-5-2/h7,9-10,12,16,18-19,21,25,27,31,33,36-37,51,54,74H,4-6,8,11,13-15,17,20,22-24,26,28-30,32,34-35,38-50,52-53,55-73H2,1-3H3/b10-7-,12-9-,19-16-,21-18-,27-25-,33-31-,37-36-,54-51-. The molecule has 83 heavy (non-hydrogen) atoms. The van der Waals surface area contributed by atoms with Crippen molar-refractivity contribution in [3.05, 3.63) is 97.2 Å². The van der Waals surface area contributed by atoms with Gasteiger partial charge in [0.1, 0.15) is 13.2 Å². The maximum atomic E-state index is 13.0. The summed E-state index contributed by atoms with van der Waals surface area (Å²) in [6, 6.07) is 0. The van der Waals surface area contributed by atoms with Gasteiger partial charge in [-0.2, -0.15) is 0 Å². The summed E-state index contributed by atoms with van der Waals surface area (Å²) in [5, 5.41) is 0. The van der Waals surface area contributed by atoms with Gasteiger partial charge >= 0.3 is 17.9 Å². The van der Waals surface area contributed by atoms with Gasteiger partial charge in [0.2, 0.25) is 0 Å². The fourth-order valence-corrected chi connectivity index (χ4v) is 10.3. The third-order valence-corrected chi connectivity index (χ3v) is 15.6. The Balaban J connectivity index is 4.25. The van der Waals surface area contributed by atoms with Crippen molar-refractivity contribution in [3.63, 3.8) is 0 Å². The van der Waals surface area contributed by atoms with Gasteiger partial charge in [-0.1, -0.05) is 336 Å². The van der Waals surface area contributed by atoms with Crippen LogP contribution in [0.1, 0.15) is 355 Å². The number of esters is 3.